The van der Waals surface area contributed by atoms with Crippen LogP contribution in [0.4, 0.5) is 4.79 Å². The molecule has 0 aromatic heterocycles. The highest BCUT2D eigenvalue weighted by Crippen LogP contribution is 2.18. The first kappa shape index (κ1) is 14.5. The van der Waals surface area contributed by atoms with E-state index in [9.17, 15) is 14.4 Å². The lowest BCUT2D eigenvalue weighted by atomic mass is 10.0. The lowest BCUT2D eigenvalue weighted by molar-refractivity contribution is -0.137. The molecule has 0 aliphatic carbocycles. The predicted molar refractivity (Wildman–Crippen MR) is 65.0 cm³/mol. The number of nitrogens with zero attached hydrogens (tertiary/aromatic N) is 1. The van der Waals surface area contributed by atoms with Gasteiger partial charge in [-0.05, 0) is 18.8 Å². The molecule has 0 spiro atoms. The summed E-state index contributed by atoms with van der Waals surface area (Å²) in [6.45, 7) is 4.24. The van der Waals surface area contributed by atoms with E-state index < -0.39 is 12.1 Å². The second-order valence-corrected chi connectivity index (χ2v) is 4.73. The highest BCUT2D eigenvalue weighted by Gasteiger charge is 2.35. The van der Waals surface area contributed by atoms with E-state index in [1.54, 1.807) is 0 Å². The number of amides is 2. The number of alkyl carbamates (subject to hydrolysis) is 1. The van der Waals surface area contributed by atoms with Crippen LogP contribution < -0.4 is 5.32 Å². The average molecular weight is 256 g/mol. The van der Waals surface area contributed by atoms with Gasteiger partial charge in [0.25, 0.3) is 0 Å². The topological polar surface area (TPSA) is 75.7 Å². The summed E-state index contributed by atoms with van der Waals surface area (Å²) in [6.07, 6.45) is 1.67. The number of hydrogen-bond donors (Lipinski definition) is 1. The number of ether oxygens (including phenoxy) is 1. The third kappa shape index (κ3) is 3.21. The van der Waals surface area contributed by atoms with Gasteiger partial charge in [-0.15, -0.1) is 0 Å². The fraction of sp³-hybridized carbons (Fsp3) is 0.750. The molecule has 1 N–H and O–H groups in total. The summed E-state index contributed by atoms with van der Waals surface area (Å²) in [5.74, 6) is -0.283. The van der Waals surface area contributed by atoms with Gasteiger partial charge in [0.1, 0.15) is 12.3 Å². The zero-order valence-electron chi connectivity index (χ0n) is 11.0. The van der Waals surface area contributed by atoms with Gasteiger partial charge in [-0.3, -0.25) is 4.79 Å². The Hall–Kier alpha value is -1.59. The van der Waals surface area contributed by atoms with Gasteiger partial charge < -0.3 is 19.7 Å². The fourth-order valence-electron chi connectivity index (χ4n) is 2.09. The van der Waals surface area contributed by atoms with Gasteiger partial charge in [-0.1, -0.05) is 13.8 Å². The standard InChI is InChI=1S/C12H20N2O4/c1-8(2)10(13-12(17)18-3)11(16)14-6-4-5-9(14)7-15/h7-10H,4-6H2,1-3H3,(H,13,17). The van der Waals surface area contributed by atoms with Gasteiger partial charge in [0.15, 0.2) is 0 Å². The molecule has 6 nitrogen and oxygen atoms in total. The van der Waals surface area contributed by atoms with Gasteiger partial charge in [-0.2, -0.15) is 0 Å². The van der Waals surface area contributed by atoms with E-state index >= 15 is 0 Å². The summed E-state index contributed by atoms with van der Waals surface area (Å²) in [4.78, 5) is 36.0. The van der Waals surface area contributed by atoms with Crippen molar-refractivity contribution < 1.29 is 19.1 Å². The van der Waals surface area contributed by atoms with E-state index in [4.69, 9.17) is 0 Å². The van der Waals surface area contributed by atoms with Crippen molar-refractivity contribution in [2.75, 3.05) is 13.7 Å². The Morgan fingerprint density at radius 3 is 2.61 bits per heavy atom. The molecule has 102 valence electrons. The second-order valence-electron chi connectivity index (χ2n) is 4.73. The zero-order valence-corrected chi connectivity index (χ0v) is 11.0. The monoisotopic (exact) mass is 256 g/mol. The summed E-state index contributed by atoms with van der Waals surface area (Å²) in [5, 5.41) is 2.52. The first-order valence-corrected chi connectivity index (χ1v) is 6.11. The highest BCUT2D eigenvalue weighted by atomic mass is 16.5. The second kappa shape index (κ2) is 6.37. The summed E-state index contributed by atoms with van der Waals surface area (Å²) >= 11 is 0. The van der Waals surface area contributed by atoms with Gasteiger partial charge in [0, 0.05) is 6.54 Å². The van der Waals surface area contributed by atoms with Crippen molar-refractivity contribution in [3.63, 3.8) is 0 Å². The van der Waals surface area contributed by atoms with Crippen LogP contribution >= 0.6 is 0 Å². The largest absolute Gasteiger partial charge is 0.453 e. The van der Waals surface area contributed by atoms with Crippen LogP contribution in [0, 0.1) is 5.92 Å². The Labute approximate surface area is 107 Å². The van der Waals surface area contributed by atoms with Gasteiger partial charge >= 0.3 is 6.09 Å². The van der Waals surface area contributed by atoms with Crippen LogP contribution in [0.3, 0.4) is 0 Å². The summed E-state index contributed by atoms with van der Waals surface area (Å²) in [6, 6.07) is -1.02. The number of carbonyl (C=O) groups excluding carboxylic acids is 3. The van der Waals surface area contributed by atoms with Gasteiger partial charge in [0.05, 0.1) is 13.2 Å². The number of rotatable bonds is 4. The maximum Gasteiger partial charge on any atom is 0.407 e. The normalized spacial score (nSPS) is 20.7. The number of aldehydes is 1. The highest BCUT2D eigenvalue weighted by molar-refractivity contribution is 5.88. The molecule has 1 aliphatic rings. The van der Waals surface area contributed by atoms with Crippen molar-refractivity contribution in [1.29, 1.82) is 0 Å². The Balaban J connectivity index is 2.76. The van der Waals surface area contributed by atoms with Crippen molar-refractivity contribution in [3.05, 3.63) is 0 Å². The van der Waals surface area contributed by atoms with E-state index in [-0.39, 0.29) is 17.9 Å². The van der Waals surface area contributed by atoms with Crippen LogP contribution in [-0.2, 0) is 14.3 Å². The number of hydrogen-bond acceptors (Lipinski definition) is 4. The number of methoxy groups -OCH3 is 1. The minimum Gasteiger partial charge on any atom is -0.453 e. The number of likely N-dealkylation sites (tertiary alicyclic amines) is 1. The summed E-state index contributed by atoms with van der Waals surface area (Å²) in [5.41, 5.74) is 0. The van der Waals surface area contributed by atoms with Crippen molar-refractivity contribution in [2.45, 2.75) is 38.8 Å². The first-order valence-electron chi connectivity index (χ1n) is 6.11. The van der Waals surface area contributed by atoms with E-state index in [0.29, 0.717) is 13.0 Å². The molecule has 0 bridgehead atoms. The molecule has 1 aliphatic heterocycles. The van der Waals surface area contributed by atoms with Crippen LogP contribution in [0.5, 0.6) is 0 Å². The minimum absolute atomic E-state index is 0.0653. The van der Waals surface area contributed by atoms with Gasteiger partial charge in [-0.25, -0.2) is 4.79 Å². The average Bonchev–Trinajstić information content (AvgIpc) is 2.82. The smallest absolute Gasteiger partial charge is 0.407 e. The lowest BCUT2D eigenvalue weighted by Gasteiger charge is -2.28. The molecular weight excluding hydrogens is 236 g/mol. The first-order chi connectivity index (χ1) is 8.51. The Morgan fingerprint density at radius 2 is 2.11 bits per heavy atom. The van der Waals surface area contributed by atoms with E-state index in [1.807, 2.05) is 13.8 Å². The third-order valence-electron chi connectivity index (χ3n) is 3.13. The molecule has 18 heavy (non-hydrogen) atoms. The molecule has 2 unspecified atom stereocenters. The molecule has 1 rings (SSSR count). The SMILES string of the molecule is COC(=O)NC(C(=O)N1CCCC1C=O)C(C)C. The van der Waals surface area contributed by atoms with E-state index in [1.165, 1.54) is 12.0 Å². The van der Waals surface area contributed by atoms with Gasteiger partial charge in [0.2, 0.25) is 5.91 Å². The molecule has 2 amide bonds. The fourth-order valence-corrected chi connectivity index (χ4v) is 2.09. The molecule has 0 saturated carbocycles. The van der Waals surface area contributed by atoms with Crippen LogP contribution in [-0.4, -0.2) is 48.9 Å². The molecular formula is C12H20N2O4. The van der Waals surface area contributed by atoms with E-state index in [0.717, 1.165) is 12.7 Å². The van der Waals surface area contributed by atoms with Crippen LogP contribution in [0.25, 0.3) is 0 Å². The number of carbonyl (C=O) groups is 3. The summed E-state index contributed by atoms with van der Waals surface area (Å²) < 4.78 is 4.51. The number of nitrogens with one attached hydrogen (secondary N) is 1. The maximum atomic E-state index is 12.3. The van der Waals surface area contributed by atoms with Crippen LogP contribution in [0.15, 0.2) is 0 Å². The lowest BCUT2D eigenvalue weighted by Crippen LogP contribution is -2.52. The van der Waals surface area contributed by atoms with Crippen molar-refractivity contribution in [1.82, 2.24) is 10.2 Å². The molecule has 1 heterocycles. The molecule has 0 aromatic rings. The van der Waals surface area contributed by atoms with Crippen LogP contribution in [0.1, 0.15) is 26.7 Å². The van der Waals surface area contributed by atoms with Crippen molar-refractivity contribution >= 4 is 18.3 Å². The maximum absolute atomic E-state index is 12.3. The molecule has 1 fully saturated rings. The molecule has 0 aromatic carbocycles. The van der Waals surface area contributed by atoms with E-state index in [2.05, 4.69) is 10.1 Å². The molecule has 6 heteroatoms. The van der Waals surface area contributed by atoms with Crippen LogP contribution in [0.2, 0.25) is 0 Å². The third-order valence-corrected chi connectivity index (χ3v) is 3.13. The van der Waals surface area contributed by atoms with Crippen molar-refractivity contribution in [2.24, 2.45) is 5.92 Å². The Bertz CT molecular complexity index is 330. The molecule has 2 atom stereocenters. The predicted octanol–water partition coefficient (Wildman–Crippen LogP) is 0.557. The summed E-state index contributed by atoms with van der Waals surface area (Å²) in [7, 11) is 1.25. The molecule has 1 saturated heterocycles. The van der Waals surface area contributed by atoms with Crippen molar-refractivity contribution in [3.8, 4) is 0 Å². The molecule has 0 radical (unpaired) electrons. The Morgan fingerprint density at radius 1 is 1.44 bits per heavy atom. The Kier molecular flexibility index (Phi) is 5.12. The zero-order chi connectivity index (χ0) is 13.7. The quantitative estimate of drug-likeness (QED) is 0.746. The minimum atomic E-state index is -0.655.